The van der Waals surface area contributed by atoms with Crippen molar-refractivity contribution in [2.45, 2.75) is 38.2 Å². The molecular formula is C13H21N3O2. The van der Waals surface area contributed by atoms with Crippen LogP contribution in [-0.2, 0) is 7.05 Å². The molecule has 0 aliphatic heterocycles. The molecule has 100 valence electrons. The van der Waals surface area contributed by atoms with Crippen LogP contribution in [0.15, 0.2) is 12.5 Å². The van der Waals surface area contributed by atoms with Crippen LogP contribution in [0.1, 0.15) is 43.1 Å². The summed E-state index contributed by atoms with van der Waals surface area (Å²) in [5.74, 6) is 0.458. The van der Waals surface area contributed by atoms with E-state index >= 15 is 0 Å². The summed E-state index contributed by atoms with van der Waals surface area (Å²) in [5, 5.41) is 13.1. The van der Waals surface area contributed by atoms with Crippen molar-refractivity contribution in [1.82, 2.24) is 14.9 Å². The molecule has 0 bridgehead atoms. The normalized spacial score (nSPS) is 28.1. The highest BCUT2D eigenvalue weighted by atomic mass is 16.3. The molecule has 2 N–H and O–H groups in total. The summed E-state index contributed by atoms with van der Waals surface area (Å²) >= 11 is 0. The van der Waals surface area contributed by atoms with Crippen LogP contribution < -0.4 is 5.32 Å². The molecule has 1 amide bonds. The van der Waals surface area contributed by atoms with E-state index in [0.717, 1.165) is 25.7 Å². The van der Waals surface area contributed by atoms with Gasteiger partial charge in [0.1, 0.15) is 5.69 Å². The lowest BCUT2D eigenvalue weighted by Crippen LogP contribution is -2.45. The Morgan fingerprint density at radius 3 is 2.83 bits per heavy atom. The van der Waals surface area contributed by atoms with Crippen LogP contribution in [-0.4, -0.2) is 32.7 Å². The molecule has 1 saturated carbocycles. The van der Waals surface area contributed by atoms with E-state index in [-0.39, 0.29) is 5.91 Å². The van der Waals surface area contributed by atoms with Gasteiger partial charge < -0.3 is 15.0 Å². The van der Waals surface area contributed by atoms with Crippen LogP contribution in [0.4, 0.5) is 0 Å². The summed E-state index contributed by atoms with van der Waals surface area (Å²) < 4.78 is 1.73. The van der Waals surface area contributed by atoms with Crippen molar-refractivity contribution in [3.63, 3.8) is 0 Å². The molecule has 1 aromatic heterocycles. The summed E-state index contributed by atoms with van der Waals surface area (Å²) in [6.07, 6.45) is 6.83. The number of carbonyl (C=O) groups excluding carboxylic acids is 1. The highest BCUT2D eigenvalue weighted by Crippen LogP contribution is 2.31. The Labute approximate surface area is 107 Å². The van der Waals surface area contributed by atoms with Crippen LogP contribution in [0.2, 0.25) is 0 Å². The number of aliphatic hydroxyl groups is 1. The van der Waals surface area contributed by atoms with Gasteiger partial charge in [0.05, 0.1) is 11.9 Å². The molecule has 18 heavy (non-hydrogen) atoms. The van der Waals surface area contributed by atoms with Gasteiger partial charge in [0.2, 0.25) is 0 Å². The van der Waals surface area contributed by atoms with Crippen LogP contribution in [0, 0.1) is 5.92 Å². The van der Waals surface area contributed by atoms with E-state index in [1.54, 1.807) is 17.1 Å². The molecule has 2 rings (SSSR count). The van der Waals surface area contributed by atoms with Gasteiger partial charge in [-0.1, -0.05) is 6.92 Å². The maximum Gasteiger partial charge on any atom is 0.271 e. The largest absolute Gasteiger partial charge is 0.388 e. The number of nitrogens with one attached hydrogen (secondary N) is 1. The van der Waals surface area contributed by atoms with Gasteiger partial charge in [-0.15, -0.1) is 0 Å². The van der Waals surface area contributed by atoms with Gasteiger partial charge in [-0.25, -0.2) is 4.98 Å². The Morgan fingerprint density at radius 2 is 2.28 bits per heavy atom. The second-order valence-electron chi connectivity index (χ2n) is 5.51. The van der Waals surface area contributed by atoms with Crippen molar-refractivity contribution in [2.24, 2.45) is 13.0 Å². The molecule has 1 aromatic rings. The minimum Gasteiger partial charge on any atom is -0.388 e. The van der Waals surface area contributed by atoms with Crippen LogP contribution in [0.3, 0.4) is 0 Å². The summed E-state index contributed by atoms with van der Waals surface area (Å²) in [5.41, 5.74) is -0.345. The summed E-state index contributed by atoms with van der Waals surface area (Å²) in [7, 11) is 1.82. The first-order valence-corrected chi connectivity index (χ1v) is 6.47. The second-order valence-corrected chi connectivity index (χ2v) is 5.51. The average Bonchev–Trinajstić information content (AvgIpc) is 2.77. The molecule has 5 nitrogen and oxygen atoms in total. The number of hydrogen-bond acceptors (Lipinski definition) is 3. The van der Waals surface area contributed by atoms with Crippen molar-refractivity contribution < 1.29 is 9.90 Å². The molecule has 1 aliphatic rings. The smallest absolute Gasteiger partial charge is 0.271 e. The fourth-order valence-corrected chi connectivity index (χ4v) is 2.34. The average molecular weight is 251 g/mol. The minimum absolute atomic E-state index is 0.220. The lowest BCUT2D eigenvalue weighted by atomic mass is 9.79. The lowest BCUT2D eigenvalue weighted by molar-refractivity contribution is -0.00543. The number of amides is 1. The van der Waals surface area contributed by atoms with Crippen molar-refractivity contribution in [2.75, 3.05) is 6.54 Å². The van der Waals surface area contributed by atoms with E-state index in [9.17, 15) is 9.90 Å². The second kappa shape index (κ2) is 5.10. The van der Waals surface area contributed by atoms with Crippen molar-refractivity contribution in [3.8, 4) is 0 Å². The molecule has 0 atom stereocenters. The van der Waals surface area contributed by atoms with Gasteiger partial charge in [0, 0.05) is 19.8 Å². The number of aryl methyl sites for hydroxylation is 1. The predicted molar refractivity (Wildman–Crippen MR) is 68.1 cm³/mol. The van der Waals surface area contributed by atoms with E-state index < -0.39 is 5.60 Å². The van der Waals surface area contributed by atoms with E-state index in [2.05, 4.69) is 17.2 Å². The third kappa shape index (κ3) is 3.10. The maximum absolute atomic E-state index is 11.8. The number of hydrogen-bond donors (Lipinski definition) is 2. The molecule has 0 aromatic carbocycles. The number of nitrogens with zero attached hydrogens (tertiary/aromatic N) is 2. The third-order valence-electron chi connectivity index (χ3n) is 3.72. The SMILES string of the molecule is CC1CCC(O)(CNC(=O)c2cn(C)cn2)CC1. The van der Waals surface area contributed by atoms with Gasteiger partial charge in [0.15, 0.2) is 0 Å². The zero-order valence-corrected chi connectivity index (χ0v) is 11.0. The van der Waals surface area contributed by atoms with Crippen molar-refractivity contribution in [1.29, 1.82) is 0 Å². The van der Waals surface area contributed by atoms with Gasteiger partial charge in [-0.05, 0) is 31.6 Å². The molecule has 0 unspecified atom stereocenters. The summed E-state index contributed by atoms with van der Waals surface area (Å²) in [6, 6.07) is 0. The monoisotopic (exact) mass is 251 g/mol. The van der Waals surface area contributed by atoms with E-state index in [4.69, 9.17) is 0 Å². The number of rotatable bonds is 3. The molecule has 5 heteroatoms. The van der Waals surface area contributed by atoms with Gasteiger partial charge in [-0.3, -0.25) is 4.79 Å². The molecule has 1 aliphatic carbocycles. The maximum atomic E-state index is 11.8. The minimum atomic E-state index is -0.739. The summed E-state index contributed by atoms with van der Waals surface area (Å²) in [6.45, 7) is 2.52. The van der Waals surface area contributed by atoms with Gasteiger partial charge in [-0.2, -0.15) is 0 Å². The first kappa shape index (κ1) is 13.1. The first-order valence-electron chi connectivity index (χ1n) is 6.47. The Bertz CT molecular complexity index is 420. The third-order valence-corrected chi connectivity index (χ3v) is 3.72. The fraction of sp³-hybridized carbons (Fsp3) is 0.692. The molecular weight excluding hydrogens is 230 g/mol. The highest BCUT2D eigenvalue weighted by Gasteiger charge is 2.32. The Hall–Kier alpha value is -1.36. The summed E-state index contributed by atoms with van der Waals surface area (Å²) in [4.78, 5) is 15.8. The molecule has 1 heterocycles. The van der Waals surface area contributed by atoms with Crippen molar-refractivity contribution >= 4 is 5.91 Å². The Morgan fingerprint density at radius 1 is 1.61 bits per heavy atom. The fourth-order valence-electron chi connectivity index (χ4n) is 2.34. The Kier molecular flexibility index (Phi) is 3.71. The quantitative estimate of drug-likeness (QED) is 0.845. The van der Waals surface area contributed by atoms with Crippen LogP contribution in [0.5, 0.6) is 0 Å². The molecule has 0 radical (unpaired) electrons. The van der Waals surface area contributed by atoms with E-state index in [1.165, 1.54) is 0 Å². The zero-order valence-electron chi connectivity index (χ0n) is 11.0. The zero-order chi connectivity index (χ0) is 13.2. The number of aromatic nitrogens is 2. The van der Waals surface area contributed by atoms with Gasteiger partial charge in [0.25, 0.3) is 5.91 Å². The van der Waals surface area contributed by atoms with Gasteiger partial charge >= 0.3 is 0 Å². The van der Waals surface area contributed by atoms with Crippen LogP contribution in [0.25, 0.3) is 0 Å². The predicted octanol–water partition coefficient (Wildman–Crippen LogP) is 1.09. The first-order chi connectivity index (χ1) is 8.48. The molecule has 0 saturated heterocycles. The number of carbonyl (C=O) groups is 1. The highest BCUT2D eigenvalue weighted by molar-refractivity contribution is 5.92. The van der Waals surface area contributed by atoms with Crippen molar-refractivity contribution in [3.05, 3.63) is 18.2 Å². The number of imidazole rings is 1. The topological polar surface area (TPSA) is 67.2 Å². The van der Waals surface area contributed by atoms with E-state index in [1.807, 2.05) is 7.05 Å². The molecule has 1 fully saturated rings. The van der Waals surface area contributed by atoms with E-state index in [0.29, 0.717) is 18.2 Å². The standard InChI is InChI=1S/C13H21N3O2/c1-10-3-5-13(18,6-4-10)8-14-12(17)11-7-16(2)9-15-11/h7,9-10,18H,3-6,8H2,1-2H3,(H,14,17). The van der Waals surface area contributed by atoms with Crippen LogP contribution >= 0.6 is 0 Å². The lowest BCUT2D eigenvalue weighted by Gasteiger charge is -2.34. The Balaban J connectivity index is 1.86. The molecule has 0 spiro atoms.